The van der Waals surface area contributed by atoms with Crippen molar-refractivity contribution >= 4 is 17.6 Å². The normalized spacial score (nSPS) is 21.1. The molecule has 168 valence electrons. The summed E-state index contributed by atoms with van der Waals surface area (Å²) in [6, 6.07) is 8.34. The van der Waals surface area contributed by atoms with Crippen LogP contribution in [0.25, 0.3) is 0 Å². The van der Waals surface area contributed by atoms with Crippen LogP contribution in [0.2, 0.25) is 0 Å². The van der Waals surface area contributed by atoms with Gasteiger partial charge in [0.1, 0.15) is 5.82 Å². The highest BCUT2D eigenvalue weighted by atomic mass is 19.4. The number of hydrogen-bond donors (Lipinski definition) is 1. The minimum atomic E-state index is -5.08. The summed E-state index contributed by atoms with van der Waals surface area (Å²) in [6.07, 6.45) is 0.580. The third-order valence-electron chi connectivity index (χ3n) is 5.73. The first kappa shape index (κ1) is 22.8. The van der Waals surface area contributed by atoms with Crippen molar-refractivity contribution in [3.63, 3.8) is 0 Å². The Morgan fingerprint density at radius 3 is 2.39 bits per heavy atom. The van der Waals surface area contributed by atoms with Gasteiger partial charge in [0.2, 0.25) is 0 Å². The van der Waals surface area contributed by atoms with Gasteiger partial charge in [-0.15, -0.1) is 5.10 Å². The molecule has 1 unspecified atom stereocenters. The number of carbonyl (C=O) groups is 1. The minimum Gasteiger partial charge on any atom is -0.475 e. The maximum absolute atomic E-state index is 10.6. The van der Waals surface area contributed by atoms with Crippen LogP contribution in [0.4, 0.5) is 24.8 Å². The first-order chi connectivity index (χ1) is 14.6. The molecule has 0 saturated carbocycles. The van der Waals surface area contributed by atoms with Gasteiger partial charge in [-0.25, -0.2) is 9.78 Å². The molecule has 2 aliphatic rings. The molecule has 2 fully saturated rings. The van der Waals surface area contributed by atoms with Crippen molar-refractivity contribution in [3.05, 3.63) is 41.7 Å². The van der Waals surface area contributed by atoms with Crippen molar-refractivity contribution in [2.24, 2.45) is 5.41 Å². The van der Waals surface area contributed by atoms with Gasteiger partial charge in [-0.05, 0) is 56.9 Å². The number of aromatic nitrogens is 3. The number of aryl methyl sites for hydroxylation is 2. The van der Waals surface area contributed by atoms with Crippen LogP contribution < -0.4 is 9.80 Å². The monoisotopic (exact) mass is 437 g/mol. The van der Waals surface area contributed by atoms with Crippen molar-refractivity contribution in [2.45, 2.75) is 39.3 Å². The van der Waals surface area contributed by atoms with E-state index in [0.29, 0.717) is 5.41 Å². The fourth-order valence-electron chi connectivity index (χ4n) is 4.22. The molecule has 0 aromatic carbocycles. The molecule has 0 radical (unpaired) electrons. The predicted octanol–water partition coefficient (Wildman–Crippen LogP) is 3.62. The summed E-state index contributed by atoms with van der Waals surface area (Å²) in [4.78, 5) is 18.4. The highest BCUT2D eigenvalue weighted by molar-refractivity contribution is 5.73. The van der Waals surface area contributed by atoms with Crippen molar-refractivity contribution in [2.75, 3.05) is 36.0 Å². The Labute approximate surface area is 178 Å². The fourth-order valence-corrected chi connectivity index (χ4v) is 4.22. The summed E-state index contributed by atoms with van der Waals surface area (Å²) in [5, 5.41) is 15.8. The van der Waals surface area contributed by atoms with E-state index in [1.165, 1.54) is 24.8 Å². The maximum Gasteiger partial charge on any atom is 0.490 e. The van der Waals surface area contributed by atoms with Crippen LogP contribution in [0.15, 0.2) is 30.5 Å². The lowest BCUT2D eigenvalue weighted by atomic mass is 9.79. The van der Waals surface area contributed by atoms with E-state index < -0.39 is 12.1 Å². The molecule has 1 atom stereocenters. The van der Waals surface area contributed by atoms with Crippen LogP contribution in [-0.2, 0) is 4.79 Å². The molecule has 31 heavy (non-hydrogen) atoms. The lowest BCUT2D eigenvalue weighted by Crippen LogP contribution is -2.45. The number of carboxylic acid groups (broad SMARTS) is 1. The molecule has 1 spiro atoms. The van der Waals surface area contributed by atoms with Gasteiger partial charge in [0.05, 0.1) is 5.69 Å². The van der Waals surface area contributed by atoms with E-state index in [1.807, 2.05) is 19.2 Å². The summed E-state index contributed by atoms with van der Waals surface area (Å²) < 4.78 is 31.7. The number of hydrogen-bond acceptors (Lipinski definition) is 6. The second-order valence-electron chi connectivity index (χ2n) is 8.18. The van der Waals surface area contributed by atoms with Gasteiger partial charge in [0.15, 0.2) is 5.82 Å². The smallest absolute Gasteiger partial charge is 0.475 e. The Kier molecular flexibility index (Phi) is 6.66. The molecule has 7 nitrogen and oxygen atoms in total. The molecular formula is C21H26F3N5O2. The zero-order chi connectivity index (χ0) is 22.6. The fraction of sp³-hybridized carbons (Fsp3) is 0.524. The second kappa shape index (κ2) is 9.07. The van der Waals surface area contributed by atoms with Gasteiger partial charge < -0.3 is 14.9 Å². The van der Waals surface area contributed by atoms with Crippen molar-refractivity contribution in [1.29, 1.82) is 0 Å². The molecular weight excluding hydrogens is 411 g/mol. The van der Waals surface area contributed by atoms with Gasteiger partial charge in [-0.1, -0.05) is 6.07 Å². The molecule has 2 saturated heterocycles. The van der Waals surface area contributed by atoms with Gasteiger partial charge in [0.25, 0.3) is 0 Å². The zero-order valence-electron chi connectivity index (χ0n) is 17.6. The molecule has 4 heterocycles. The third-order valence-corrected chi connectivity index (χ3v) is 5.73. The van der Waals surface area contributed by atoms with Crippen molar-refractivity contribution < 1.29 is 23.1 Å². The van der Waals surface area contributed by atoms with Gasteiger partial charge in [-0.3, -0.25) is 0 Å². The zero-order valence-corrected chi connectivity index (χ0v) is 17.6. The summed E-state index contributed by atoms with van der Waals surface area (Å²) in [7, 11) is 0. The van der Waals surface area contributed by atoms with Crippen LogP contribution in [0, 0.1) is 19.3 Å². The molecule has 4 rings (SSSR count). The molecule has 1 N–H and O–H groups in total. The quantitative estimate of drug-likeness (QED) is 0.768. The van der Waals surface area contributed by atoms with Crippen LogP contribution in [0.1, 0.15) is 30.5 Å². The lowest BCUT2D eigenvalue weighted by Gasteiger charge is -2.40. The molecule has 2 aromatic heterocycles. The number of halogens is 3. The topological polar surface area (TPSA) is 82.5 Å². The van der Waals surface area contributed by atoms with Gasteiger partial charge in [-0.2, -0.15) is 18.3 Å². The molecule has 2 aromatic rings. The number of pyridine rings is 1. The Hall–Kier alpha value is -2.91. The number of piperidine rings is 1. The van der Waals surface area contributed by atoms with Crippen LogP contribution in [0.3, 0.4) is 0 Å². The van der Waals surface area contributed by atoms with Crippen molar-refractivity contribution in [1.82, 2.24) is 15.2 Å². The number of rotatable bonds is 2. The first-order valence-corrected chi connectivity index (χ1v) is 10.1. The average molecular weight is 437 g/mol. The van der Waals surface area contributed by atoms with E-state index >= 15 is 0 Å². The SMILES string of the molecule is Cc1ccc(N2CCCC3(CCN(c4ncccc4C)C3)C2)nn1.O=C(O)C(F)(F)F. The van der Waals surface area contributed by atoms with Gasteiger partial charge in [0, 0.05) is 37.8 Å². The Bertz CT molecular complexity index is 907. The number of alkyl halides is 3. The number of aliphatic carboxylic acids is 1. The lowest BCUT2D eigenvalue weighted by molar-refractivity contribution is -0.192. The Morgan fingerprint density at radius 2 is 1.77 bits per heavy atom. The first-order valence-electron chi connectivity index (χ1n) is 10.1. The summed E-state index contributed by atoms with van der Waals surface area (Å²) in [5.74, 6) is -0.582. The third kappa shape index (κ3) is 5.62. The van der Waals surface area contributed by atoms with E-state index in [4.69, 9.17) is 9.90 Å². The Morgan fingerprint density at radius 1 is 1.06 bits per heavy atom. The molecule has 0 bridgehead atoms. The van der Waals surface area contributed by atoms with E-state index in [2.05, 4.69) is 50.1 Å². The summed E-state index contributed by atoms with van der Waals surface area (Å²) >= 11 is 0. The highest BCUT2D eigenvalue weighted by Crippen LogP contribution is 2.41. The average Bonchev–Trinajstić information content (AvgIpc) is 3.11. The molecule has 0 aliphatic carbocycles. The molecule has 10 heteroatoms. The number of carboxylic acids is 1. The number of nitrogens with zero attached hydrogens (tertiary/aromatic N) is 5. The van der Waals surface area contributed by atoms with Gasteiger partial charge >= 0.3 is 12.1 Å². The largest absolute Gasteiger partial charge is 0.490 e. The van der Waals surface area contributed by atoms with E-state index in [1.54, 1.807) is 0 Å². The second-order valence-corrected chi connectivity index (χ2v) is 8.18. The predicted molar refractivity (Wildman–Crippen MR) is 110 cm³/mol. The summed E-state index contributed by atoms with van der Waals surface area (Å²) in [5.41, 5.74) is 2.60. The summed E-state index contributed by atoms with van der Waals surface area (Å²) in [6.45, 7) is 8.50. The maximum atomic E-state index is 10.6. The molecule has 2 aliphatic heterocycles. The van der Waals surface area contributed by atoms with Crippen LogP contribution >= 0.6 is 0 Å². The van der Waals surface area contributed by atoms with E-state index in [0.717, 1.165) is 43.5 Å². The van der Waals surface area contributed by atoms with Crippen LogP contribution in [-0.4, -0.2) is 58.6 Å². The highest BCUT2D eigenvalue weighted by Gasteiger charge is 2.42. The number of anilines is 2. The Balaban J connectivity index is 0.000000339. The standard InChI is InChI=1S/C19H25N5.C2HF3O2/c1-15-5-3-10-20-18(15)24-12-9-19(14-24)8-4-11-23(13-19)17-7-6-16(2)21-22-17;3-2(4,5)1(6)7/h3,5-7,10H,4,8-9,11-14H2,1-2H3;(H,6,7). The molecule has 0 amide bonds. The van der Waals surface area contributed by atoms with Crippen molar-refractivity contribution in [3.8, 4) is 0 Å². The van der Waals surface area contributed by atoms with E-state index in [-0.39, 0.29) is 0 Å². The van der Waals surface area contributed by atoms with Crippen LogP contribution in [0.5, 0.6) is 0 Å². The minimum absolute atomic E-state index is 0.356. The van der Waals surface area contributed by atoms with E-state index in [9.17, 15) is 13.2 Å².